The average Bonchev–Trinajstić information content (AvgIpc) is 3.18. The lowest BCUT2D eigenvalue weighted by Crippen LogP contribution is -2.24. The van der Waals surface area contributed by atoms with Gasteiger partial charge >= 0.3 is 5.97 Å². The summed E-state index contributed by atoms with van der Waals surface area (Å²) in [6.07, 6.45) is 1.37. The van der Waals surface area contributed by atoms with Crippen molar-refractivity contribution >= 4 is 5.97 Å². The van der Waals surface area contributed by atoms with E-state index in [1.54, 1.807) is 11.6 Å². The van der Waals surface area contributed by atoms with Gasteiger partial charge in [0.25, 0.3) is 0 Å². The molecule has 1 atom stereocenters. The number of hydrogen-bond donors (Lipinski definition) is 1. The minimum Gasteiger partial charge on any atom is -0.461 e. The molecular weight excluding hydrogens is 262 g/mol. The van der Waals surface area contributed by atoms with Gasteiger partial charge in [0.2, 0.25) is 0 Å². The molecule has 1 unspecified atom stereocenters. The van der Waals surface area contributed by atoms with Crippen LogP contribution in [-0.4, -0.2) is 52.0 Å². The molecule has 0 aliphatic heterocycles. The van der Waals surface area contributed by atoms with Crippen molar-refractivity contribution in [3.8, 4) is 0 Å². The fraction of sp³-hybridized carbons (Fsp3) is 0.769. The van der Waals surface area contributed by atoms with Crippen molar-refractivity contribution in [2.75, 3.05) is 19.8 Å². The molecule has 0 amide bonds. The van der Waals surface area contributed by atoms with Crippen LogP contribution < -0.4 is 0 Å². The van der Waals surface area contributed by atoms with E-state index in [2.05, 4.69) is 10.3 Å². The summed E-state index contributed by atoms with van der Waals surface area (Å²) in [6.45, 7) is 5.01. The summed E-state index contributed by atoms with van der Waals surface area (Å²) < 4.78 is 11.8. The Morgan fingerprint density at radius 1 is 1.45 bits per heavy atom. The lowest BCUT2D eigenvalue weighted by Gasteiger charge is -2.12. The molecule has 0 spiro atoms. The number of hydrogen-bond acceptors (Lipinski definition) is 6. The highest BCUT2D eigenvalue weighted by Crippen LogP contribution is 2.41. The van der Waals surface area contributed by atoms with Crippen LogP contribution in [0.25, 0.3) is 0 Å². The number of aromatic nitrogens is 3. The number of ether oxygens (including phenoxy) is 2. The lowest BCUT2D eigenvalue weighted by atomic mass is 10.2. The Kier molecular flexibility index (Phi) is 5.08. The number of aliphatic hydroxyl groups is 1. The minimum absolute atomic E-state index is 0.245. The molecule has 1 fully saturated rings. The van der Waals surface area contributed by atoms with Crippen LogP contribution in [0.2, 0.25) is 0 Å². The third-order valence-electron chi connectivity index (χ3n) is 3.10. The summed E-state index contributed by atoms with van der Waals surface area (Å²) in [6, 6.07) is 0. The first-order valence-electron chi connectivity index (χ1n) is 7.03. The van der Waals surface area contributed by atoms with Gasteiger partial charge in [-0.05, 0) is 26.7 Å². The molecule has 1 aliphatic carbocycles. The number of esters is 1. The predicted octanol–water partition coefficient (Wildman–Crippen LogP) is 0.730. The van der Waals surface area contributed by atoms with Gasteiger partial charge in [0.15, 0.2) is 5.69 Å². The molecule has 1 heterocycles. The molecule has 0 saturated heterocycles. The molecule has 1 aliphatic rings. The normalized spacial score (nSPS) is 16.1. The van der Waals surface area contributed by atoms with Crippen molar-refractivity contribution in [1.82, 2.24) is 15.0 Å². The first-order valence-corrected chi connectivity index (χ1v) is 7.03. The van der Waals surface area contributed by atoms with Gasteiger partial charge in [-0.2, -0.15) is 0 Å². The molecule has 112 valence electrons. The Balaban J connectivity index is 2.11. The smallest absolute Gasteiger partial charge is 0.360 e. The van der Waals surface area contributed by atoms with Crippen LogP contribution in [0.15, 0.2) is 0 Å². The van der Waals surface area contributed by atoms with Crippen molar-refractivity contribution in [1.29, 1.82) is 0 Å². The van der Waals surface area contributed by atoms with E-state index in [1.807, 2.05) is 6.92 Å². The molecule has 0 aromatic carbocycles. The number of nitrogens with zero attached hydrogens (tertiary/aromatic N) is 3. The Morgan fingerprint density at radius 2 is 2.20 bits per heavy atom. The van der Waals surface area contributed by atoms with Crippen LogP contribution in [0.4, 0.5) is 0 Å². The fourth-order valence-electron chi connectivity index (χ4n) is 2.07. The zero-order chi connectivity index (χ0) is 14.5. The van der Waals surface area contributed by atoms with Crippen molar-refractivity contribution in [3.63, 3.8) is 0 Å². The highest BCUT2D eigenvalue weighted by molar-refractivity contribution is 5.88. The molecular formula is C13H21N3O4. The van der Waals surface area contributed by atoms with E-state index in [1.165, 1.54) is 0 Å². The summed E-state index contributed by atoms with van der Waals surface area (Å²) in [5.41, 5.74) is 1.05. The van der Waals surface area contributed by atoms with E-state index in [0.717, 1.165) is 18.5 Å². The van der Waals surface area contributed by atoms with Crippen LogP contribution in [0.3, 0.4) is 0 Å². The van der Waals surface area contributed by atoms with Gasteiger partial charge in [0.05, 0.1) is 31.6 Å². The van der Waals surface area contributed by atoms with E-state index < -0.39 is 12.1 Å². The van der Waals surface area contributed by atoms with Gasteiger partial charge in [-0.15, -0.1) is 5.10 Å². The van der Waals surface area contributed by atoms with Crippen LogP contribution in [-0.2, 0) is 16.0 Å². The van der Waals surface area contributed by atoms with Crippen LogP contribution >= 0.6 is 0 Å². The first-order chi connectivity index (χ1) is 9.67. The maximum Gasteiger partial charge on any atom is 0.360 e. The topological polar surface area (TPSA) is 86.5 Å². The highest BCUT2D eigenvalue weighted by Gasteiger charge is 2.34. The second-order valence-corrected chi connectivity index (χ2v) is 4.81. The fourth-order valence-corrected chi connectivity index (χ4v) is 2.07. The maximum absolute atomic E-state index is 11.8. The van der Waals surface area contributed by atoms with Crippen LogP contribution in [0, 0.1) is 0 Å². The molecule has 1 aromatic rings. The van der Waals surface area contributed by atoms with Crippen molar-refractivity contribution in [2.24, 2.45) is 0 Å². The van der Waals surface area contributed by atoms with E-state index in [0.29, 0.717) is 19.1 Å². The molecule has 20 heavy (non-hydrogen) atoms. The van der Waals surface area contributed by atoms with Gasteiger partial charge in [-0.1, -0.05) is 5.21 Å². The number of carbonyl (C=O) groups excluding carboxylic acids is 1. The Morgan fingerprint density at radius 3 is 2.80 bits per heavy atom. The summed E-state index contributed by atoms with van der Waals surface area (Å²) in [5, 5.41) is 17.8. The molecule has 0 radical (unpaired) electrons. The second-order valence-electron chi connectivity index (χ2n) is 4.81. The van der Waals surface area contributed by atoms with Gasteiger partial charge in [0.1, 0.15) is 0 Å². The van der Waals surface area contributed by atoms with Gasteiger partial charge in [-0.3, -0.25) is 0 Å². The van der Waals surface area contributed by atoms with E-state index in [4.69, 9.17) is 9.47 Å². The standard InChI is InChI=1S/C13H21N3O4/c1-3-19-8-10(17)7-16-12(9-5-6-9)11(14-15-16)13(18)20-4-2/h9-10,17H,3-8H2,1-2H3. The minimum atomic E-state index is -0.663. The molecule has 1 N–H and O–H groups in total. The van der Waals surface area contributed by atoms with E-state index >= 15 is 0 Å². The summed E-state index contributed by atoms with van der Waals surface area (Å²) >= 11 is 0. The highest BCUT2D eigenvalue weighted by atomic mass is 16.5. The van der Waals surface area contributed by atoms with Crippen molar-refractivity contribution in [2.45, 2.75) is 45.3 Å². The van der Waals surface area contributed by atoms with Gasteiger partial charge in [-0.25, -0.2) is 9.48 Å². The van der Waals surface area contributed by atoms with Gasteiger partial charge < -0.3 is 14.6 Å². The van der Waals surface area contributed by atoms with Gasteiger partial charge in [0, 0.05) is 12.5 Å². The molecule has 2 rings (SSSR count). The third kappa shape index (κ3) is 3.55. The average molecular weight is 283 g/mol. The third-order valence-corrected chi connectivity index (χ3v) is 3.10. The van der Waals surface area contributed by atoms with Crippen molar-refractivity contribution in [3.05, 3.63) is 11.4 Å². The monoisotopic (exact) mass is 283 g/mol. The Hall–Kier alpha value is -1.47. The Labute approximate surface area is 117 Å². The SMILES string of the molecule is CCOCC(O)Cn1nnc(C(=O)OCC)c1C1CC1. The lowest BCUT2D eigenvalue weighted by molar-refractivity contribution is 0.0308. The maximum atomic E-state index is 11.8. The van der Waals surface area contributed by atoms with Crippen LogP contribution in [0.1, 0.15) is 48.8 Å². The number of carbonyl (C=O) groups is 1. The molecule has 7 nitrogen and oxygen atoms in total. The summed E-state index contributed by atoms with van der Waals surface area (Å²) in [5.74, 6) is -0.149. The molecule has 1 saturated carbocycles. The molecule has 7 heteroatoms. The Bertz CT molecular complexity index is 456. The summed E-state index contributed by atoms with van der Waals surface area (Å²) in [4.78, 5) is 11.8. The second kappa shape index (κ2) is 6.81. The quantitative estimate of drug-likeness (QED) is 0.708. The van der Waals surface area contributed by atoms with E-state index in [-0.39, 0.29) is 18.8 Å². The van der Waals surface area contributed by atoms with E-state index in [9.17, 15) is 9.90 Å². The summed E-state index contributed by atoms with van der Waals surface area (Å²) in [7, 11) is 0. The zero-order valence-electron chi connectivity index (χ0n) is 11.9. The zero-order valence-corrected chi connectivity index (χ0v) is 11.9. The van der Waals surface area contributed by atoms with Crippen molar-refractivity contribution < 1.29 is 19.4 Å². The number of rotatable bonds is 8. The van der Waals surface area contributed by atoms with Crippen LogP contribution in [0.5, 0.6) is 0 Å². The molecule has 1 aromatic heterocycles. The first kappa shape index (κ1) is 14.9. The largest absolute Gasteiger partial charge is 0.461 e. The predicted molar refractivity (Wildman–Crippen MR) is 70.5 cm³/mol. The number of aliphatic hydroxyl groups excluding tert-OH is 1. The molecule has 0 bridgehead atoms.